The van der Waals surface area contributed by atoms with E-state index in [1.165, 1.54) is 18.3 Å². The molecule has 0 radical (unpaired) electrons. The van der Waals surface area contributed by atoms with Gasteiger partial charge in [0.15, 0.2) is 5.13 Å². The summed E-state index contributed by atoms with van der Waals surface area (Å²) in [5, 5.41) is 8.87. The Balaban J connectivity index is 2.48. The zero-order valence-electron chi connectivity index (χ0n) is 10.4. The topological polar surface area (TPSA) is 109 Å². The SMILES string of the molecule is CCNc1nc(N)c(C(=O)NCCNC(C)=O)s1. The van der Waals surface area contributed by atoms with E-state index in [4.69, 9.17) is 5.73 Å². The lowest BCUT2D eigenvalue weighted by Crippen LogP contribution is -2.33. The van der Waals surface area contributed by atoms with Gasteiger partial charge in [0, 0.05) is 26.6 Å². The predicted octanol–water partition coefficient (Wildman–Crippen LogP) is 0.0230. The highest BCUT2D eigenvalue weighted by Crippen LogP contribution is 2.24. The fourth-order valence-corrected chi connectivity index (χ4v) is 2.09. The molecule has 0 aliphatic rings. The zero-order chi connectivity index (χ0) is 13.5. The van der Waals surface area contributed by atoms with Gasteiger partial charge in [0.1, 0.15) is 10.7 Å². The summed E-state index contributed by atoms with van der Waals surface area (Å²) in [6, 6.07) is 0. The van der Waals surface area contributed by atoms with Gasteiger partial charge in [-0.1, -0.05) is 11.3 Å². The minimum absolute atomic E-state index is 0.129. The van der Waals surface area contributed by atoms with Gasteiger partial charge in [-0.15, -0.1) is 0 Å². The molecule has 0 saturated carbocycles. The van der Waals surface area contributed by atoms with E-state index in [9.17, 15) is 9.59 Å². The quantitative estimate of drug-likeness (QED) is 0.545. The van der Waals surface area contributed by atoms with Crippen LogP contribution < -0.4 is 21.7 Å². The summed E-state index contributed by atoms with van der Waals surface area (Å²) in [7, 11) is 0. The number of nitrogens with two attached hydrogens (primary N) is 1. The van der Waals surface area contributed by atoms with E-state index in [1.807, 2.05) is 6.92 Å². The van der Waals surface area contributed by atoms with Crippen LogP contribution in [0.1, 0.15) is 23.5 Å². The molecule has 1 rings (SSSR count). The van der Waals surface area contributed by atoms with Crippen molar-refractivity contribution in [3.8, 4) is 0 Å². The summed E-state index contributed by atoms with van der Waals surface area (Å²) in [5.41, 5.74) is 5.65. The van der Waals surface area contributed by atoms with Gasteiger partial charge in [-0.3, -0.25) is 9.59 Å². The first-order valence-corrected chi connectivity index (χ1v) is 6.39. The monoisotopic (exact) mass is 271 g/mol. The van der Waals surface area contributed by atoms with Crippen molar-refractivity contribution in [1.29, 1.82) is 0 Å². The van der Waals surface area contributed by atoms with Crippen LogP contribution in [0.25, 0.3) is 0 Å². The lowest BCUT2D eigenvalue weighted by Gasteiger charge is -2.04. The number of nitrogens with one attached hydrogen (secondary N) is 3. The minimum Gasteiger partial charge on any atom is -0.382 e. The van der Waals surface area contributed by atoms with Gasteiger partial charge in [-0.2, -0.15) is 0 Å². The lowest BCUT2D eigenvalue weighted by atomic mass is 10.4. The van der Waals surface area contributed by atoms with Crippen LogP contribution in [0.4, 0.5) is 10.9 Å². The second kappa shape index (κ2) is 6.80. The van der Waals surface area contributed by atoms with Crippen molar-refractivity contribution in [2.24, 2.45) is 0 Å². The van der Waals surface area contributed by atoms with Crippen molar-refractivity contribution in [3.05, 3.63) is 4.88 Å². The molecule has 0 aliphatic heterocycles. The molecule has 0 aliphatic carbocycles. The summed E-state index contributed by atoms with van der Waals surface area (Å²) >= 11 is 1.21. The van der Waals surface area contributed by atoms with E-state index in [2.05, 4.69) is 20.9 Å². The Labute approximate surface area is 109 Å². The van der Waals surface area contributed by atoms with Crippen LogP contribution >= 0.6 is 11.3 Å². The van der Waals surface area contributed by atoms with E-state index in [-0.39, 0.29) is 17.6 Å². The third-order valence-electron chi connectivity index (χ3n) is 1.97. The van der Waals surface area contributed by atoms with Crippen molar-refractivity contribution >= 4 is 34.1 Å². The normalized spacial score (nSPS) is 9.89. The number of rotatable bonds is 6. The second-order valence-electron chi connectivity index (χ2n) is 3.50. The lowest BCUT2D eigenvalue weighted by molar-refractivity contribution is -0.118. The Morgan fingerprint density at radius 2 is 2.00 bits per heavy atom. The van der Waals surface area contributed by atoms with Gasteiger partial charge in [0.25, 0.3) is 5.91 Å². The number of hydrogen-bond acceptors (Lipinski definition) is 6. The molecule has 7 nitrogen and oxygen atoms in total. The van der Waals surface area contributed by atoms with E-state index in [0.29, 0.717) is 23.1 Å². The van der Waals surface area contributed by atoms with Gasteiger partial charge in [-0.25, -0.2) is 4.98 Å². The van der Waals surface area contributed by atoms with Gasteiger partial charge in [0.2, 0.25) is 5.91 Å². The zero-order valence-corrected chi connectivity index (χ0v) is 11.2. The molecule has 1 aromatic rings. The Morgan fingerprint density at radius 1 is 1.33 bits per heavy atom. The highest BCUT2D eigenvalue weighted by atomic mass is 32.1. The van der Waals surface area contributed by atoms with Crippen LogP contribution in [-0.2, 0) is 4.79 Å². The molecule has 0 fully saturated rings. The summed E-state index contributed by atoms with van der Waals surface area (Å²) in [4.78, 5) is 26.8. The van der Waals surface area contributed by atoms with Crippen molar-refractivity contribution in [2.45, 2.75) is 13.8 Å². The number of hydrogen-bond donors (Lipinski definition) is 4. The van der Waals surface area contributed by atoms with Crippen LogP contribution in [-0.4, -0.2) is 36.4 Å². The average molecular weight is 271 g/mol. The number of thiazole rings is 1. The summed E-state index contributed by atoms with van der Waals surface area (Å²) in [6.45, 7) is 4.82. The standard InChI is InChI=1S/C10H17N5O2S/c1-3-12-10-15-8(11)7(18-10)9(17)14-5-4-13-6(2)16/h3-5,11H2,1-2H3,(H,12,15)(H,13,16)(H,14,17). The van der Waals surface area contributed by atoms with Crippen molar-refractivity contribution in [1.82, 2.24) is 15.6 Å². The molecule has 2 amide bonds. The summed E-state index contributed by atoms with van der Waals surface area (Å²) < 4.78 is 0. The fourth-order valence-electron chi connectivity index (χ4n) is 1.22. The largest absolute Gasteiger partial charge is 0.382 e. The van der Waals surface area contributed by atoms with Gasteiger partial charge in [0.05, 0.1) is 0 Å². The molecule has 0 spiro atoms. The minimum atomic E-state index is -0.278. The fraction of sp³-hybridized carbons (Fsp3) is 0.500. The highest BCUT2D eigenvalue weighted by Gasteiger charge is 2.15. The molecule has 0 bridgehead atoms. The number of amides is 2. The van der Waals surface area contributed by atoms with Gasteiger partial charge < -0.3 is 21.7 Å². The molecule has 8 heteroatoms. The Hall–Kier alpha value is -1.83. The average Bonchev–Trinajstić information content (AvgIpc) is 2.66. The number of carbonyl (C=O) groups is 2. The maximum atomic E-state index is 11.8. The first-order valence-electron chi connectivity index (χ1n) is 5.57. The number of carbonyl (C=O) groups excluding carboxylic acids is 2. The van der Waals surface area contributed by atoms with E-state index >= 15 is 0 Å². The highest BCUT2D eigenvalue weighted by molar-refractivity contribution is 7.18. The molecular weight excluding hydrogens is 254 g/mol. The molecule has 0 aromatic carbocycles. The number of nitrogen functional groups attached to an aromatic ring is 1. The summed E-state index contributed by atoms with van der Waals surface area (Å²) in [5.74, 6) is -0.191. The molecule has 0 saturated heterocycles. The van der Waals surface area contributed by atoms with Crippen LogP contribution in [0.15, 0.2) is 0 Å². The molecule has 100 valence electrons. The van der Waals surface area contributed by atoms with Crippen molar-refractivity contribution in [2.75, 3.05) is 30.7 Å². The predicted molar refractivity (Wildman–Crippen MR) is 71.7 cm³/mol. The Morgan fingerprint density at radius 3 is 2.61 bits per heavy atom. The molecule has 18 heavy (non-hydrogen) atoms. The number of anilines is 2. The van der Waals surface area contributed by atoms with Crippen LogP contribution in [0.5, 0.6) is 0 Å². The van der Waals surface area contributed by atoms with E-state index in [0.717, 1.165) is 6.54 Å². The number of nitrogens with zero attached hydrogens (tertiary/aromatic N) is 1. The first kappa shape index (κ1) is 14.2. The van der Waals surface area contributed by atoms with Gasteiger partial charge >= 0.3 is 0 Å². The molecule has 1 heterocycles. The Bertz CT molecular complexity index is 432. The maximum absolute atomic E-state index is 11.8. The smallest absolute Gasteiger partial charge is 0.265 e. The van der Waals surface area contributed by atoms with Crippen LogP contribution in [0.3, 0.4) is 0 Å². The van der Waals surface area contributed by atoms with Crippen LogP contribution in [0, 0.1) is 0 Å². The second-order valence-corrected chi connectivity index (χ2v) is 4.50. The van der Waals surface area contributed by atoms with Crippen molar-refractivity contribution in [3.63, 3.8) is 0 Å². The first-order chi connectivity index (χ1) is 8.54. The van der Waals surface area contributed by atoms with E-state index < -0.39 is 0 Å². The van der Waals surface area contributed by atoms with Crippen molar-refractivity contribution < 1.29 is 9.59 Å². The third-order valence-corrected chi connectivity index (χ3v) is 3.00. The molecule has 0 unspecified atom stereocenters. The molecule has 5 N–H and O–H groups in total. The van der Waals surface area contributed by atoms with Gasteiger partial charge in [-0.05, 0) is 6.92 Å². The number of aromatic nitrogens is 1. The molecule has 1 aromatic heterocycles. The summed E-state index contributed by atoms with van der Waals surface area (Å²) in [6.07, 6.45) is 0. The van der Waals surface area contributed by atoms with E-state index in [1.54, 1.807) is 0 Å². The molecular formula is C10H17N5O2S. The Kier molecular flexibility index (Phi) is 5.37. The third kappa shape index (κ3) is 4.21. The van der Waals surface area contributed by atoms with Crippen LogP contribution in [0.2, 0.25) is 0 Å². The maximum Gasteiger partial charge on any atom is 0.265 e. The molecule has 0 atom stereocenters.